The van der Waals surface area contributed by atoms with E-state index in [1.165, 1.54) is 25.7 Å². The number of unbranched alkanes of at least 4 members (excludes halogenated alkanes) is 4. The fourth-order valence-corrected chi connectivity index (χ4v) is 2.90. The Morgan fingerprint density at radius 2 is 1.64 bits per heavy atom. The molecule has 1 unspecified atom stereocenters. The van der Waals surface area contributed by atoms with E-state index < -0.39 is 0 Å². The minimum atomic E-state index is -0.158. The van der Waals surface area contributed by atoms with Crippen molar-refractivity contribution in [2.24, 2.45) is 0 Å². The second kappa shape index (κ2) is 13.0. The van der Waals surface area contributed by atoms with Gasteiger partial charge in [-0.3, -0.25) is 0 Å². The van der Waals surface area contributed by atoms with E-state index in [-0.39, 0.29) is 8.27 Å². The molecule has 0 aromatic rings. The van der Waals surface area contributed by atoms with E-state index >= 15 is 0 Å². The van der Waals surface area contributed by atoms with Crippen molar-refractivity contribution in [3.8, 4) is 23.2 Å². The molecular weight excluding hydrogens is 206 g/mol. The first-order valence-corrected chi connectivity index (χ1v) is 9.61. The van der Waals surface area contributed by atoms with Crippen LogP contribution in [0.2, 0.25) is 0 Å². The molecule has 0 aromatic heterocycles. The first kappa shape index (κ1) is 14.0. The van der Waals surface area contributed by atoms with Crippen LogP contribution >= 0.6 is 16.5 Å². The molecule has 0 aromatic carbocycles. The summed E-state index contributed by atoms with van der Waals surface area (Å²) in [5.41, 5.74) is 6.56. The van der Waals surface area contributed by atoms with Crippen molar-refractivity contribution in [1.29, 1.82) is 0 Å². The second-order valence-corrected chi connectivity index (χ2v) is 6.65. The van der Waals surface area contributed by atoms with Crippen molar-refractivity contribution in [2.45, 2.75) is 52.4 Å². The summed E-state index contributed by atoms with van der Waals surface area (Å²) in [6, 6.07) is 0. The Balaban J connectivity index is 3.24. The molecule has 0 saturated carbocycles. The van der Waals surface area contributed by atoms with E-state index in [2.05, 4.69) is 37.0 Å². The Morgan fingerprint density at radius 3 is 2.29 bits per heavy atom. The van der Waals surface area contributed by atoms with Crippen molar-refractivity contribution >= 4 is 16.5 Å². The molecule has 0 nitrogen and oxygen atoms in total. The zero-order valence-electron chi connectivity index (χ0n) is 9.45. The second-order valence-electron chi connectivity index (χ2n) is 3.22. The van der Waals surface area contributed by atoms with Crippen molar-refractivity contribution in [3.05, 3.63) is 0 Å². The summed E-state index contributed by atoms with van der Waals surface area (Å²) >= 11 is 0. The minimum absolute atomic E-state index is 0.158. The molecule has 0 rings (SSSR count). The van der Waals surface area contributed by atoms with Crippen LogP contribution in [0, 0.1) is 23.2 Å². The van der Waals surface area contributed by atoms with Gasteiger partial charge < -0.3 is 0 Å². The van der Waals surface area contributed by atoms with Gasteiger partial charge in [-0.25, -0.2) is 0 Å². The van der Waals surface area contributed by atoms with Gasteiger partial charge in [0.25, 0.3) is 0 Å². The molecule has 0 aliphatic heterocycles. The summed E-state index contributed by atoms with van der Waals surface area (Å²) in [7, 11) is 0.702. The summed E-state index contributed by atoms with van der Waals surface area (Å²) in [4.78, 5) is 0. The summed E-state index contributed by atoms with van der Waals surface area (Å²) < 4.78 is 0. The van der Waals surface area contributed by atoms with E-state index in [4.69, 9.17) is 0 Å². The van der Waals surface area contributed by atoms with Gasteiger partial charge in [-0.2, -0.15) is 0 Å². The van der Waals surface area contributed by atoms with E-state index in [0.29, 0.717) is 0 Å². The Labute approximate surface area is 92.5 Å². The predicted molar refractivity (Wildman–Crippen MR) is 74.0 cm³/mol. The topological polar surface area (TPSA) is 0 Å². The molecule has 0 radical (unpaired) electrons. The van der Waals surface area contributed by atoms with E-state index in [1.807, 2.05) is 0 Å². The monoisotopic (exact) mass is 228 g/mol. The Morgan fingerprint density at radius 1 is 1.00 bits per heavy atom. The van der Waals surface area contributed by atoms with Crippen LogP contribution < -0.4 is 0 Å². The van der Waals surface area contributed by atoms with E-state index in [1.54, 1.807) is 0 Å². The summed E-state index contributed by atoms with van der Waals surface area (Å²) in [6.45, 7) is 4.41. The van der Waals surface area contributed by atoms with Crippen LogP contribution in [0.1, 0.15) is 52.4 Å². The molecule has 1 atom stereocenters. The van der Waals surface area contributed by atoms with Crippen LogP contribution in [0.5, 0.6) is 0 Å². The van der Waals surface area contributed by atoms with Gasteiger partial charge in [-0.15, -0.1) is 0 Å². The molecule has 14 heavy (non-hydrogen) atoms. The zero-order chi connectivity index (χ0) is 10.5. The standard InChI is InChI=1S/C12H22P2/c1-3-5-7-9-11-13-14-12-10-8-6-4-2/h13H,3-8H2,1-2,14H3. The van der Waals surface area contributed by atoms with Crippen LogP contribution in [0.25, 0.3) is 0 Å². The Hall–Kier alpha value is -0.0200. The van der Waals surface area contributed by atoms with Gasteiger partial charge in [0.15, 0.2) is 0 Å². The van der Waals surface area contributed by atoms with Crippen LogP contribution in [0.3, 0.4) is 0 Å². The predicted octanol–water partition coefficient (Wildman–Crippen LogP) is 4.03. The molecule has 0 aliphatic rings. The molecular formula is C12H22P2. The van der Waals surface area contributed by atoms with Crippen molar-refractivity contribution in [1.82, 2.24) is 0 Å². The SMILES string of the molecule is CCCCC#CP[PH3]C#CCCCC. The molecule has 0 bridgehead atoms. The van der Waals surface area contributed by atoms with Gasteiger partial charge in [0.2, 0.25) is 0 Å². The normalized spacial score (nSPS) is 9.57. The summed E-state index contributed by atoms with van der Waals surface area (Å²) in [6.07, 6.45) is 7.20. The van der Waals surface area contributed by atoms with Gasteiger partial charge in [0, 0.05) is 0 Å². The van der Waals surface area contributed by atoms with Crippen LogP contribution in [0.15, 0.2) is 0 Å². The molecule has 0 N–H and O–H groups in total. The molecule has 80 valence electrons. The fourth-order valence-electron chi connectivity index (χ4n) is 0.895. The average molecular weight is 228 g/mol. The third-order valence-corrected chi connectivity index (χ3v) is 4.34. The van der Waals surface area contributed by atoms with E-state index in [9.17, 15) is 0 Å². The van der Waals surface area contributed by atoms with Crippen LogP contribution in [-0.4, -0.2) is 0 Å². The van der Waals surface area contributed by atoms with Gasteiger partial charge in [-0.05, 0) is 0 Å². The van der Waals surface area contributed by atoms with Crippen LogP contribution in [0.4, 0.5) is 0 Å². The Kier molecular flexibility index (Phi) is 13.0. The molecule has 0 heterocycles. The van der Waals surface area contributed by atoms with Crippen molar-refractivity contribution in [3.63, 3.8) is 0 Å². The summed E-state index contributed by atoms with van der Waals surface area (Å²) in [5, 5.41) is 0. The maximum atomic E-state index is 3.31. The average Bonchev–Trinajstić information content (AvgIpc) is 2.21. The quantitative estimate of drug-likeness (QED) is 0.378. The summed E-state index contributed by atoms with van der Waals surface area (Å²) in [5.74, 6) is 6.46. The van der Waals surface area contributed by atoms with Gasteiger partial charge in [0.1, 0.15) is 0 Å². The van der Waals surface area contributed by atoms with Crippen LogP contribution in [-0.2, 0) is 0 Å². The van der Waals surface area contributed by atoms with Crippen molar-refractivity contribution in [2.75, 3.05) is 0 Å². The number of hydrogen-bond acceptors (Lipinski definition) is 0. The molecule has 0 amide bonds. The van der Waals surface area contributed by atoms with Gasteiger partial charge >= 0.3 is 92.1 Å². The zero-order valence-corrected chi connectivity index (χ0v) is 11.9. The first-order chi connectivity index (χ1) is 6.91. The molecule has 2 heteroatoms. The molecule has 0 aliphatic carbocycles. The number of rotatable bonds is 5. The third-order valence-electron chi connectivity index (χ3n) is 1.79. The van der Waals surface area contributed by atoms with E-state index in [0.717, 1.165) is 21.1 Å². The maximum absolute atomic E-state index is 3.31. The first-order valence-electron chi connectivity index (χ1n) is 5.58. The van der Waals surface area contributed by atoms with Gasteiger partial charge in [-0.1, -0.05) is 0 Å². The van der Waals surface area contributed by atoms with Crippen molar-refractivity contribution < 1.29 is 0 Å². The fraction of sp³-hybridized carbons (Fsp3) is 0.667. The molecule has 0 spiro atoms. The molecule has 0 saturated heterocycles. The van der Waals surface area contributed by atoms with Gasteiger partial charge in [0.05, 0.1) is 0 Å². The number of hydrogen-bond donors (Lipinski definition) is 0. The third kappa shape index (κ3) is 12.0. The molecule has 0 fully saturated rings. The Bertz CT molecular complexity index is 198.